The topological polar surface area (TPSA) is 38.3 Å². The maximum Gasteiger partial charge on any atom is 0.251 e. The molecular weight excluding hydrogens is 342 g/mol. The molecule has 0 saturated heterocycles. The SMILES string of the molecule is O=C(NCc1ccccc1)C1=Cc2cc(Br)ccc2OC=C1. The third-order valence-corrected chi connectivity index (χ3v) is 3.78. The van der Waals surface area contributed by atoms with Gasteiger partial charge in [-0.3, -0.25) is 4.79 Å². The zero-order valence-corrected chi connectivity index (χ0v) is 13.3. The van der Waals surface area contributed by atoms with Gasteiger partial charge in [0.15, 0.2) is 0 Å². The highest BCUT2D eigenvalue weighted by Gasteiger charge is 2.12. The standard InChI is InChI=1S/C18H14BrNO2/c19-16-6-7-17-15(11-16)10-14(8-9-22-17)18(21)20-12-13-4-2-1-3-5-13/h1-11H,12H2,(H,20,21). The Kier molecular flexibility index (Phi) is 4.39. The van der Waals surface area contributed by atoms with E-state index in [0.29, 0.717) is 12.1 Å². The number of nitrogens with one attached hydrogen (secondary N) is 1. The highest BCUT2D eigenvalue weighted by atomic mass is 79.9. The van der Waals surface area contributed by atoms with Gasteiger partial charge in [-0.05, 0) is 35.9 Å². The molecule has 0 aromatic heterocycles. The lowest BCUT2D eigenvalue weighted by Crippen LogP contribution is -2.23. The second kappa shape index (κ2) is 6.62. The maximum absolute atomic E-state index is 12.3. The van der Waals surface area contributed by atoms with Crippen LogP contribution in [0.5, 0.6) is 5.75 Å². The minimum atomic E-state index is -0.128. The molecule has 2 aromatic carbocycles. The van der Waals surface area contributed by atoms with E-state index >= 15 is 0 Å². The van der Waals surface area contributed by atoms with Crippen molar-refractivity contribution in [3.8, 4) is 5.75 Å². The van der Waals surface area contributed by atoms with Crippen LogP contribution in [0.2, 0.25) is 0 Å². The van der Waals surface area contributed by atoms with Crippen LogP contribution in [0.1, 0.15) is 11.1 Å². The number of benzene rings is 2. The van der Waals surface area contributed by atoms with Gasteiger partial charge in [0.25, 0.3) is 5.91 Å². The Morgan fingerprint density at radius 1 is 1.14 bits per heavy atom. The van der Waals surface area contributed by atoms with Gasteiger partial charge in [0, 0.05) is 22.2 Å². The Hall–Kier alpha value is -2.33. The normalized spacial score (nSPS) is 12.7. The number of amides is 1. The largest absolute Gasteiger partial charge is 0.464 e. The highest BCUT2D eigenvalue weighted by molar-refractivity contribution is 9.10. The van der Waals surface area contributed by atoms with E-state index in [2.05, 4.69) is 21.2 Å². The summed E-state index contributed by atoms with van der Waals surface area (Å²) in [6.07, 6.45) is 5.03. The molecule has 110 valence electrons. The summed E-state index contributed by atoms with van der Waals surface area (Å²) in [6, 6.07) is 15.5. The zero-order valence-electron chi connectivity index (χ0n) is 11.8. The maximum atomic E-state index is 12.3. The second-order valence-corrected chi connectivity index (χ2v) is 5.79. The number of hydrogen-bond acceptors (Lipinski definition) is 2. The number of rotatable bonds is 3. The minimum absolute atomic E-state index is 0.128. The molecule has 1 amide bonds. The molecule has 3 nitrogen and oxygen atoms in total. The minimum Gasteiger partial charge on any atom is -0.464 e. The summed E-state index contributed by atoms with van der Waals surface area (Å²) >= 11 is 3.43. The first-order valence-electron chi connectivity index (χ1n) is 6.89. The third kappa shape index (κ3) is 3.46. The van der Waals surface area contributed by atoms with Gasteiger partial charge in [-0.2, -0.15) is 0 Å². The Morgan fingerprint density at radius 2 is 1.95 bits per heavy atom. The fraction of sp³-hybridized carbons (Fsp3) is 0.0556. The van der Waals surface area contributed by atoms with Gasteiger partial charge >= 0.3 is 0 Å². The molecule has 0 atom stereocenters. The molecule has 0 bridgehead atoms. The fourth-order valence-electron chi connectivity index (χ4n) is 2.16. The summed E-state index contributed by atoms with van der Waals surface area (Å²) in [7, 11) is 0. The van der Waals surface area contributed by atoms with Gasteiger partial charge < -0.3 is 10.1 Å². The number of carbonyl (C=O) groups excluding carboxylic acids is 1. The molecule has 22 heavy (non-hydrogen) atoms. The molecule has 0 fully saturated rings. The van der Waals surface area contributed by atoms with E-state index in [0.717, 1.165) is 21.3 Å². The van der Waals surface area contributed by atoms with Crippen LogP contribution in [0.25, 0.3) is 6.08 Å². The Bertz CT molecular complexity index is 751. The summed E-state index contributed by atoms with van der Waals surface area (Å²) in [5.41, 5.74) is 2.49. The smallest absolute Gasteiger partial charge is 0.251 e. The van der Waals surface area contributed by atoms with Gasteiger partial charge in [0.1, 0.15) is 5.75 Å². The molecule has 4 heteroatoms. The predicted octanol–water partition coefficient (Wildman–Crippen LogP) is 4.06. The zero-order chi connectivity index (χ0) is 15.4. The quantitative estimate of drug-likeness (QED) is 0.901. The lowest BCUT2D eigenvalue weighted by atomic mass is 10.1. The average molecular weight is 356 g/mol. The molecule has 0 saturated carbocycles. The van der Waals surface area contributed by atoms with E-state index in [9.17, 15) is 4.79 Å². The summed E-state index contributed by atoms with van der Waals surface area (Å²) < 4.78 is 6.45. The van der Waals surface area contributed by atoms with Gasteiger partial charge in [-0.25, -0.2) is 0 Å². The Labute approximate surface area is 137 Å². The molecule has 1 heterocycles. The lowest BCUT2D eigenvalue weighted by Gasteiger charge is -2.06. The van der Waals surface area contributed by atoms with E-state index in [1.54, 1.807) is 6.08 Å². The molecule has 0 spiro atoms. The molecule has 2 aromatic rings. The van der Waals surface area contributed by atoms with Crippen molar-refractivity contribution < 1.29 is 9.53 Å². The second-order valence-electron chi connectivity index (χ2n) is 4.87. The van der Waals surface area contributed by atoms with Crippen LogP contribution >= 0.6 is 15.9 Å². The van der Waals surface area contributed by atoms with Crippen molar-refractivity contribution in [2.24, 2.45) is 0 Å². The first-order chi connectivity index (χ1) is 10.7. The van der Waals surface area contributed by atoms with Crippen LogP contribution in [-0.2, 0) is 11.3 Å². The number of halogens is 1. The van der Waals surface area contributed by atoms with E-state index in [-0.39, 0.29) is 5.91 Å². The van der Waals surface area contributed by atoms with Crippen LogP contribution in [0, 0.1) is 0 Å². The number of fused-ring (bicyclic) bond motifs is 1. The van der Waals surface area contributed by atoms with Gasteiger partial charge in [-0.1, -0.05) is 46.3 Å². The summed E-state index contributed by atoms with van der Waals surface area (Å²) in [5, 5.41) is 2.92. The van der Waals surface area contributed by atoms with Gasteiger partial charge in [-0.15, -0.1) is 0 Å². The Balaban J connectivity index is 1.77. The third-order valence-electron chi connectivity index (χ3n) is 3.28. The van der Waals surface area contributed by atoms with Crippen LogP contribution < -0.4 is 10.1 Å². The molecular formula is C18H14BrNO2. The van der Waals surface area contributed by atoms with E-state index in [4.69, 9.17) is 4.74 Å². The first kappa shape index (κ1) is 14.6. The van der Waals surface area contributed by atoms with Crippen molar-refractivity contribution in [1.82, 2.24) is 5.32 Å². The van der Waals surface area contributed by atoms with Crippen molar-refractivity contribution in [1.29, 1.82) is 0 Å². The average Bonchev–Trinajstić information content (AvgIpc) is 2.75. The molecule has 3 rings (SSSR count). The van der Waals surface area contributed by atoms with Crippen molar-refractivity contribution in [2.45, 2.75) is 6.54 Å². The van der Waals surface area contributed by atoms with Gasteiger partial charge in [0.05, 0.1) is 6.26 Å². The van der Waals surface area contributed by atoms with Crippen molar-refractivity contribution >= 4 is 27.9 Å². The Morgan fingerprint density at radius 3 is 2.77 bits per heavy atom. The first-order valence-corrected chi connectivity index (χ1v) is 7.68. The molecule has 0 unspecified atom stereocenters. The molecule has 0 radical (unpaired) electrons. The molecule has 1 aliphatic rings. The number of hydrogen-bond donors (Lipinski definition) is 1. The monoisotopic (exact) mass is 355 g/mol. The number of ether oxygens (including phenoxy) is 1. The van der Waals surface area contributed by atoms with E-state index in [1.165, 1.54) is 6.26 Å². The van der Waals surface area contributed by atoms with Crippen LogP contribution in [0.3, 0.4) is 0 Å². The highest BCUT2D eigenvalue weighted by Crippen LogP contribution is 2.27. The lowest BCUT2D eigenvalue weighted by molar-refractivity contribution is -0.117. The van der Waals surface area contributed by atoms with Crippen molar-refractivity contribution in [3.05, 3.63) is 82.0 Å². The fourth-order valence-corrected chi connectivity index (χ4v) is 2.54. The molecule has 1 N–H and O–H groups in total. The van der Waals surface area contributed by atoms with Crippen molar-refractivity contribution in [3.63, 3.8) is 0 Å². The molecule has 0 aliphatic carbocycles. The summed E-state index contributed by atoms with van der Waals surface area (Å²) in [4.78, 5) is 12.3. The summed E-state index contributed by atoms with van der Waals surface area (Å²) in [6.45, 7) is 0.497. The van der Waals surface area contributed by atoms with E-state index in [1.807, 2.05) is 54.6 Å². The molecule has 1 aliphatic heterocycles. The van der Waals surface area contributed by atoms with Crippen LogP contribution in [0.4, 0.5) is 0 Å². The predicted molar refractivity (Wildman–Crippen MR) is 90.2 cm³/mol. The van der Waals surface area contributed by atoms with Crippen LogP contribution in [-0.4, -0.2) is 5.91 Å². The van der Waals surface area contributed by atoms with Gasteiger partial charge in [0.2, 0.25) is 0 Å². The van der Waals surface area contributed by atoms with Crippen molar-refractivity contribution in [2.75, 3.05) is 0 Å². The number of carbonyl (C=O) groups is 1. The van der Waals surface area contributed by atoms with E-state index < -0.39 is 0 Å². The van der Waals surface area contributed by atoms with Crippen LogP contribution in [0.15, 0.2) is 70.9 Å². The summed E-state index contributed by atoms with van der Waals surface area (Å²) in [5.74, 6) is 0.599.